The van der Waals surface area contributed by atoms with Gasteiger partial charge in [-0.05, 0) is 22.7 Å². The first-order valence-electron chi connectivity index (χ1n) is 2.19. The summed E-state index contributed by atoms with van der Waals surface area (Å²) in [5.41, 5.74) is 1.30. The van der Waals surface area contributed by atoms with Crippen LogP contribution in [0.25, 0.3) is 0 Å². The van der Waals surface area contributed by atoms with Crippen molar-refractivity contribution < 1.29 is 0 Å². The molecule has 1 nitrogen and oxygen atoms in total. The molecule has 0 spiro atoms. The highest BCUT2D eigenvalue weighted by atomic mass is 127. The van der Waals surface area contributed by atoms with E-state index in [0.29, 0.717) is 5.71 Å². The molecule has 0 radical (unpaired) electrons. The lowest BCUT2D eigenvalue weighted by molar-refractivity contribution is 1.47. The first-order chi connectivity index (χ1) is 3.68. The lowest BCUT2D eigenvalue weighted by Crippen LogP contribution is -1.87. The average molecular weight is 221 g/mol. The van der Waals surface area contributed by atoms with Crippen molar-refractivity contribution >= 4 is 28.3 Å². The minimum absolute atomic E-state index is 0.526. The Balaban J connectivity index is 3.85. The molecular formula is C6H8IN. The summed E-state index contributed by atoms with van der Waals surface area (Å²) in [7, 11) is 0. The molecule has 0 aromatic heterocycles. The molecule has 0 aromatic carbocycles. The van der Waals surface area contributed by atoms with E-state index in [9.17, 15) is 0 Å². The molecule has 0 aromatic rings. The molecule has 0 bridgehead atoms. The maximum absolute atomic E-state index is 7.05. The largest absolute Gasteiger partial charge is 0.305 e. The van der Waals surface area contributed by atoms with Gasteiger partial charge in [-0.25, -0.2) is 0 Å². The maximum Gasteiger partial charge on any atom is 0.0349 e. The van der Waals surface area contributed by atoms with Gasteiger partial charge in [-0.1, -0.05) is 29.2 Å². The van der Waals surface area contributed by atoms with Crippen molar-refractivity contribution in [2.45, 2.75) is 6.92 Å². The molecule has 0 saturated heterocycles. The molecule has 8 heavy (non-hydrogen) atoms. The van der Waals surface area contributed by atoms with E-state index in [1.54, 1.807) is 6.92 Å². The Labute approximate surface area is 63.1 Å². The number of allylic oxidation sites excluding steroid dienone is 2. The van der Waals surface area contributed by atoms with Crippen molar-refractivity contribution in [3.63, 3.8) is 0 Å². The molecule has 0 heterocycles. The Kier molecular flexibility index (Phi) is 3.77. The van der Waals surface area contributed by atoms with Gasteiger partial charge in [0.05, 0.1) is 0 Å². The van der Waals surface area contributed by atoms with Crippen LogP contribution in [0.1, 0.15) is 6.92 Å². The Hall–Kier alpha value is -0.120. The standard InChI is InChI=1S/C6H8IN/c1-5(3-4-7)6(2)8/h3-4,8H,1H2,2H3/b4-3-,8-6?. The second-order valence-electron chi connectivity index (χ2n) is 1.44. The van der Waals surface area contributed by atoms with Crippen LogP contribution in [0.4, 0.5) is 0 Å². The first-order valence-corrected chi connectivity index (χ1v) is 3.44. The van der Waals surface area contributed by atoms with Gasteiger partial charge in [0.25, 0.3) is 0 Å². The Bertz CT molecular complexity index is 135. The third-order valence-electron chi connectivity index (χ3n) is 0.746. The number of halogens is 1. The lowest BCUT2D eigenvalue weighted by Gasteiger charge is -1.89. The zero-order chi connectivity index (χ0) is 6.57. The van der Waals surface area contributed by atoms with Crippen LogP contribution in [0, 0.1) is 5.41 Å². The molecule has 0 unspecified atom stereocenters. The van der Waals surface area contributed by atoms with Crippen molar-refractivity contribution in [3.05, 3.63) is 22.3 Å². The van der Waals surface area contributed by atoms with Crippen LogP contribution < -0.4 is 0 Å². The normalized spacial score (nSPS) is 9.75. The van der Waals surface area contributed by atoms with E-state index in [1.807, 2.05) is 10.2 Å². The first kappa shape index (κ1) is 7.88. The van der Waals surface area contributed by atoms with Gasteiger partial charge in [0.15, 0.2) is 0 Å². The van der Waals surface area contributed by atoms with Crippen molar-refractivity contribution in [1.82, 2.24) is 0 Å². The monoisotopic (exact) mass is 221 g/mol. The van der Waals surface area contributed by atoms with Crippen molar-refractivity contribution in [3.8, 4) is 0 Å². The fraction of sp³-hybridized carbons (Fsp3) is 0.167. The van der Waals surface area contributed by atoms with Gasteiger partial charge < -0.3 is 5.41 Å². The third kappa shape index (κ3) is 2.96. The van der Waals surface area contributed by atoms with Gasteiger partial charge in [-0.15, -0.1) is 0 Å². The summed E-state index contributed by atoms with van der Waals surface area (Å²) >= 11 is 2.10. The van der Waals surface area contributed by atoms with E-state index in [1.165, 1.54) is 0 Å². The molecule has 0 amide bonds. The summed E-state index contributed by atoms with van der Waals surface area (Å²) in [6.45, 7) is 5.35. The number of hydrogen-bond donors (Lipinski definition) is 1. The highest BCUT2D eigenvalue weighted by molar-refractivity contribution is 14.1. The van der Waals surface area contributed by atoms with E-state index in [4.69, 9.17) is 5.41 Å². The molecular weight excluding hydrogens is 213 g/mol. The van der Waals surface area contributed by atoms with Crippen LogP contribution in [0.3, 0.4) is 0 Å². The van der Waals surface area contributed by atoms with Crippen molar-refractivity contribution in [2.75, 3.05) is 0 Å². The molecule has 0 rings (SSSR count). The quantitative estimate of drug-likeness (QED) is 0.421. The van der Waals surface area contributed by atoms with Gasteiger partial charge in [0.2, 0.25) is 0 Å². The number of rotatable bonds is 2. The second-order valence-corrected chi connectivity index (χ2v) is 2.16. The summed E-state index contributed by atoms with van der Waals surface area (Å²) in [4.78, 5) is 0. The van der Waals surface area contributed by atoms with Crippen LogP contribution in [-0.2, 0) is 0 Å². The van der Waals surface area contributed by atoms with Crippen LogP contribution in [0.2, 0.25) is 0 Å². The molecule has 44 valence electrons. The molecule has 2 heteroatoms. The summed E-state index contributed by atoms with van der Waals surface area (Å²) in [6.07, 6.45) is 1.81. The van der Waals surface area contributed by atoms with E-state index < -0.39 is 0 Å². The molecule has 0 atom stereocenters. The summed E-state index contributed by atoms with van der Waals surface area (Å²) in [6, 6.07) is 0. The minimum Gasteiger partial charge on any atom is -0.305 e. The Morgan fingerprint density at radius 2 is 2.25 bits per heavy atom. The van der Waals surface area contributed by atoms with Gasteiger partial charge in [0, 0.05) is 5.71 Å². The highest BCUT2D eigenvalue weighted by Gasteiger charge is 1.85. The average Bonchev–Trinajstić information content (AvgIpc) is 1.67. The smallest absolute Gasteiger partial charge is 0.0349 e. The summed E-state index contributed by atoms with van der Waals surface area (Å²) in [5, 5.41) is 7.05. The summed E-state index contributed by atoms with van der Waals surface area (Å²) < 4.78 is 1.85. The topological polar surface area (TPSA) is 23.9 Å². The molecule has 0 fully saturated rings. The maximum atomic E-state index is 7.05. The number of hydrogen-bond acceptors (Lipinski definition) is 1. The molecule has 0 aliphatic carbocycles. The van der Waals surface area contributed by atoms with E-state index in [-0.39, 0.29) is 0 Å². The van der Waals surface area contributed by atoms with Gasteiger partial charge >= 0.3 is 0 Å². The van der Waals surface area contributed by atoms with E-state index in [0.717, 1.165) is 5.57 Å². The SMILES string of the molecule is C=C(/C=C\I)C(C)=N. The minimum atomic E-state index is 0.526. The van der Waals surface area contributed by atoms with Crippen LogP contribution in [0.5, 0.6) is 0 Å². The van der Waals surface area contributed by atoms with Crippen LogP contribution in [0.15, 0.2) is 22.3 Å². The van der Waals surface area contributed by atoms with E-state index >= 15 is 0 Å². The molecule has 0 saturated carbocycles. The molecule has 0 aliphatic heterocycles. The zero-order valence-corrected chi connectivity index (χ0v) is 6.90. The van der Waals surface area contributed by atoms with Gasteiger partial charge in [0.1, 0.15) is 0 Å². The Morgan fingerprint density at radius 1 is 1.75 bits per heavy atom. The second kappa shape index (κ2) is 3.83. The van der Waals surface area contributed by atoms with E-state index in [2.05, 4.69) is 29.2 Å². The molecule has 0 aliphatic rings. The fourth-order valence-electron chi connectivity index (χ4n) is 0.201. The Morgan fingerprint density at radius 3 is 2.38 bits per heavy atom. The van der Waals surface area contributed by atoms with Crippen molar-refractivity contribution in [1.29, 1.82) is 5.41 Å². The predicted molar refractivity (Wildman–Crippen MR) is 45.7 cm³/mol. The zero-order valence-electron chi connectivity index (χ0n) is 4.74. The predicted octanol–water partition coefficient (Wildman–Crippen LogP) is 2.53. The van der Waals surface area contributed by atoms with Gasteiger partial charge in [-0.3, -0.25) is 0 Å². The van der Waals surface area contributed by atoms with Gasteiger partial charge in [-0.2, -0.15) is 0 Å². The third-order valence-corrected chi connectivity index (χ3v) is 1.11. The van der Waals surface area contributed by atoms with Crippen molar-refractivity contribution in [2.24, 2.45) is 0 Å². The number of nitrogens with one attached hydrogen (secondary N) is 1. The van der Waals surface area contributed by atoms with Crippen LogP contribution in [-0.4, -0.2) is 5.71 Å². The summed E-state index contributed by atoms with van der Waals surface area (Å²) in [5.74, 6) is 0. The fourth-order valence-corrected chi connectivity index (χ4v) is 0.635. The van der Waals surface area contributed by atoms with Crippen LogP contribution >= 0.6 is 22.6 Å². The highest BCUT2D eigenvalue weighted by Crippen LogP contribution is 1.96. The molecule has 1 N–H and O–H groups in total. The lowest BCUT2D eigenvalue weighted by atomic mass is 10.2.